The minimum absolute atomic E-state index is 0.0980. The number of nitrogen functional groups attached to an aromatic ring is 1. The molecule has 0 unspecified atom stereocenters. The van der Waals surface area contributed by atoms with E-state index in [1.807, 2.05) is 0 Å². The van der Waals surface area contributed by atoms with Gasteiger partial charge in [-0.1, -0.05) is 35.2 Å². The first-order chi connectivity index (χ1) is 10.0. The molecule has 0 fully saturated rings. The number of hydrogen-bond acceptors (Lipinski definition) is 6. The Kier molecular flexibility index (Phi) is 4.97. The number of halogens is 2. The summed E-state index contributed by atoms with van der Waals surface area (Å²) in [7, 11) is 1.66. The number of aromatic nitrogens is 1. The van der Waals surface area contributed by atoms with Crippen molar-refractivity contribution in [2.24, 2.45) is 0 Å². The van der Waals surface area contributed by atoms with Crippen molar-refractivity contribution in [3.63, 3.8) is 0 Å². The number of nitrogens with one attached hydrogen (secondary N) is 2. The van der Waals surface area contributed by atoms with E-state index in [4.69, 9.17) is 5.73 Å². The molecular formula is C12H12F2N4OS2. The zero-order valence-corrected chi connectivity index (χ0v) is 12.5. The molecule has 112 valence electrons. The number of benzene rings is 1. The van der Waals surface area contributed by atoms with Crippen LogP contribution in [0.25, 0.3) is 0 Å². The Labute approximate surface area is 127 Å². The predicted molar refractivity (Wildman–Crippen MR) is 82.3 cm³/mol. The molecule has 21 heavy (non-hydrogen) atoms. The second-order valence-corrected chi connectivity index (χ2v) is 5.84. The molecule has 4 N–H and O–H groups in total. The van der Waals surface area contributed by atoms with E-state index in [1.54, 1.807) is 25.2 Å². The Morgan fingerprint density at radius 1 is 1.43 bits per heavy atom. The molecule has 2 rings (SSSR count). The molecule has 9 heteroatoms. The first-order valence-corrected chi connectivity index (χ1v) is 7.50. The molecule has 0 saturated heterocycles. The third-order valence-corrected chi connectivity index (χ3v) is 4.30. The molecule has 0 spiro atoms. The van der Waals surface area contributed by atoms with E-state index in [-0.39, 0.29) is 15.6 Å². The quantitative estimate of drug-likeness (QED) is 0.733. The molecule has 0 radical (unpaired) electrons. The lowest BCUT2D eigenvalue weighted by atomic mass is 10.3. The summed E-state index contributed by atoms with van der Waals surface area (Å²) in [5.41, 5.74) is 5.98. The number of para-hydroxylation sites is 1. The van der Waals surface area contributed by atoms with Gasteiger partial charge in [-0.2, -0.15) is 8.78 Å². The SMILES string of the molecule is CNc1nc(N)c(C(=O)Nc2ccccc2SC(F)F)s1. The van der Waals surface area contributed by atoms with Crippen LogP contribution in [0.5, 0.6) is 0 Å². The Hall–Kier alpha value is -1.87. The van der Waals surface area contributed by atoms with E-state index in [0.717, 1.165) is 11.3 Å². The van der Waals surface area contributed by atoms with Crippen molar-refractivity contribution in [3.8, 4) is 0 Å². The maximum Gasteiger partial charge on any atom is 0.288 e. The summed E-state index contributed by atoms with van der Waals surface area (Å²) in [6.07, 6.45) is 0. The highest BCUT2D eigenvalue weighted by molar-refractivity contribution is 7.99. The van der Waals surface area contributed by atoms with E-state index in [2.05, 4.69) is 15.6 Å². The van der Waals surface area contributed by atoms with Crippen LogP contribution in [0.1, 0.15) is 9.67 Å². The number of nitrogens with zero attached hydrogens (tertiary/aromatic N) is 1. The zero-order valence-electron chi connectivity index (χ0n) is 10.9. The van der Waals surface area contributed by atoms with E-state index in [9.17, 15) is 13.6 Å². The van der Waals surface area contributed by atoms with Gasteiger partial charge in [0.1, 0.15) is 10.7 Å². The van der Waals surface area contributed by atoms with Gasteiger partial charge in [0.05, 0.1) is 5.69 Å². The van der Waals surface area contributed by atoms with Crippen molar-refractivity contribution in [1.82, 2.24) is 4.98 Å². The lowest BCUT2D eigenvalue weighted by Gasteiger charge is -2.09. The fraction of sp³-hybridized carbons (Fsp3) is 0.167. The second-order valence-electron chi connectivity index (χ2n) is 3.81. The molecule has 2 aromatic rings. The van der Waals surface area contributed by atoms with Crippen LogP contribution < -0.4 is 16.4 Å². The Morgan fingerprint density at radius 3 is 2.76 bits per heavy atom. The van der Waals surface area contributed by atoms with Crippen LogP contribution in [0.2, 0.25) is 0 Å². The summed E-state index contributed by atoms with van der Waals surface area (Å²) >= 11 is 1.46. The van der Waals surface area contributed by atoms with Gasteiger partial charge in [0.2, 0.25) is 0 Å². The number of nitrogens with two attached hydrogens (primary N) is 1. The second kappa shape index (κ2) is 6.72. The highest BCUT2D eigenvalue weighted by atomic mass is 32.2. The van der Waals surface area contributed by atoms with E-state index in [1.165, 1.54) is 6.07 Å². The van der Waals surface area contributed by atoms with E-state index in [0.29, 0.717) is 22.6 Å². The molecular weight excluding hydrogens is 318 g/mol. The van der Waals surface area contributed by atoms with Gasteiger partial charge >= 0.3 is 0 Å². The van der Waals surface area contributed by atoms with Crippen LogP contribution >= 0.6 is 23.1 Å². The number of anilines is 3. The molecule has 0 aliphatic heterocycles. The largest absolute Gasteiger partial charge is 0.382 e. The number of hydrogen-bond donors (Lipinski definition) is 3. The van der Waals surface area contributed by atoms with Crippen LogP contribution in [0.3, 0.4) is 0 Å². The third-order valence-electron chi connectivity index (χ3n) is 2.42. The molecule has 5 nitrogen and oxygen atoms in total. The summed E-state index contributed by atoms with van der Waals surface area (Å²) in [6.45, 7) is 0. The topological polar surface area (TPSA) is 80.0 Å². The lowest BCUT2D eigenvalue weighted by molar-refractivity contribution is 0.103. The number of thioether (sulfide) groups is 1. The molecule has 0 saturated carbocycles. The number of amides is 1. The summed E-state index contributed by atoms with van der Waals surface area (Å²) in [5, 5.41) is 5.88. The Bertz CT molecular complexity index is 648. The standard InChI is InChI=1S/C12H12F2N4OS2/c1-16-12-18-9(15)8(21-12)10(19)17-6-4-2-3-5-7(6)20-11(13)14/h2-5,11H,15H2,1H3,(H,16,18)(H,17,19). The van der Waals surface area contributed by atoms with Gasteiger partial charge in [-0.3, -0.25) is 4.79 Å². The van der Waals surface area contributed by atoms with Gasteiger partial charge in [-0.05, 0) is 12.1 Å². The van der Waals surface area contributed by atoms with Gasteiger partial charge < -0.3 is 16.4 Å². The van der Waals surface area contributed by atoms with Crippen LogP contribution in [-0.2, 0) is 0 Å². The molecule has 0 bridgehead atoms. The van der Waals surface area contributed by atoms with Crippen molar-refractivity contribution in [2.75, 3.05) is 23.4 Å². The van der Waals surface area contributed by atoms with Crippen LogP contribution in [0.4, 0.5) is 25.4 Å². The molecule has 1 heterocycles. The van der Waals surface area contributed by atoms with Gasteiger partial charge in [0, 0.05) is 11.9 Å². The van der Waals surface area contributed by atoms with Crippen molar-refractivity contribution < 1.29 is 13.6 Å². The predicted octanol–water partition coefficient (Wildman–Crippen LogP) is 3.33. The molecule has 0 atom stereocenters. The smallest absolute Gasteiger partial charge is 0.288 e. The maximum atomic E-state index is 12.5. The highest BCUT2D eigenvalue weighted by Crippen LogP contribution is 2.33. The van der Waals surface area contributed by atoms with Gasteiger partial charge in [0.15, 0.2) is 5.13 Å². The molecule has 1 aromatic carbocycles. The summed E-state index contributed by atoms with van der Waals surface area (Å²) in [4.78, 5) is 16.6. The van der Waals surface area contributed by atoms with Gasteiger partial charge in [-0.15, -0.1) is 0 Å². The van der Waals surface area contributed by atoms with Crippen molar-refractivity contribution in [2.45, 2.75) is 10.7 Å². The summed E-state index contributed by atoms with van der Waals surface area (Å²) in [5.74, 6) is -2.94. The normalized spacial score (nSPS) is 10.7. The molecule has 0 aliphatic carbocycles. The number of thiazole rings is 1. The average molecular weight is 330 g/mol. The van der Waals surface area contributed by atoms with Gasteiger partial charge in [-0.25, -0.2) is 4.98 Å². The van der Waals surface area contributed by atoms with Gasteiger partial charge in [0.25, 0.3) is 11.7 Å². The minimum atomic E-state index is -2.56. The van der Waals surface area contributed by atoms with Crippen LogP contribution in [0.15, 0.2) is 29.2 Å². The number of carbonyl (C=O) groups excluding carboxylic acids is 1. The van der Waals surface area contributed by atoms with Crippen LogP contribution in [0, 0.1) is 0 Å². The van der Waals surface area contributed by atoms with E-state index < -0.39 is 11.7 Å². The first-order valence-electron chi connectivity index (χ1n) is 5.80. The summed E-state index contributed by atoms with van der Waals surface area (Å²) < 4.78 is 25.0. The highest BCUT2D eigenvalue weighted by Gasteiger charge is 2.18. The van der Waals surface area contributed by atoms with E-state index >= 15 is 0 Å². The average Bonchev–Trinajstić information content (AvgIpc) is 2.82. The van der Waals surface area contributed by atoms with Crippen molar-refractivity contribution in [3.05, 3.63) is 29.1 Å². The van der Waals surface area contributed by atoms with Crippen molar-refractivity contribution in [1.29, 1.82) is 0 Å². The fourth-order valence-electron chi connectivity index (χ4n) is 1.55. The molecule has 1 amide bonds. The number of rotatable bonds is 5. The minimum Gasteiger partial charge on any atom is -0.382 e. The Balaban J connectivity index is 2.21. The lowest BCUT2D eigenvalue weighted by Crippen LogP contribution is -2.13. The van der Waals surface area contributed by atoms with Crippen molar-refractivity contribution >= 4 is 45.6 Å². The Morgan fingerprint density at radius 2 is 2.14 bits per heavy atom. The third kappa shape index (κ3) is 3.82. The van der Waals surface area contributed by atoms with Crippen LogP contribution in [-0.4, -0.2) is 23.7 Å². The number of alkyl halides is 2. The summed E-state index contributed by atoms with van der Waals surface area (Å²) in [6, 6.07) is 6.35. The monoisotopic (exact) mass is 330 g/mol. The molecule has 1 aromatic heterocycles. The maximum absolute atomic E-state index is 12.5. The first kappa shape index (κ1) is 15.5. The molecule has 0 aliphatic rings. The zero-order chi connectivity index (χ0) is 15.4. The number of carbonyl (C=O) groups is 1. The fourth-order valence-corrected chi connectivity index (χ4v) is 2.88.